The molecular weight excluding hydrogens is 238 g/mol. The van der Waals surface area contributed by atoms with E-state index in [2.05, 4.69) is 37.4 Å². The maximum Gasteiger partial charge on any atom is 0.0979 e. The third-order valence-corrected chi connectivity index (χ3v) is 4.17. The molecule has 0 unspecified atom stereocenters. The van der Waals surface area contributed by atoms with Gasteiger partial charge in [-0.25, -0.2) is 0 Å². The van der Waals surface area contributed by atoms with Crippen LogP contribution in [0.15, 0.2) is 23.6 Å². The number of hydrogen-bond acceptors (Lipinski definition) is 2. The molecule has 3 heteroatoms. The molecule has 1 aromatic carbocycles. The fourth-order valence-electron chi connectivity index (χ4n) is 1.70. The van der Waals surface area contributed by atoms with Gasteiger partial charge in [0, 0.05) is 17.5 Å². The lowest BCUT2D eigenvalue weighted by molar-refractivity contribution is 1.08. The summed E-state index contributed by atoms with van der Waals surface area (Å²) in [5.41, 5.74) is 11.7. The van der Waals surface area contributed by atoms with Gasteiger partial charge >= 0.3 is 0 Å². The van der Waals surface area contributed by atoms with E-state index in [4.69, 9.17) is 17.3 Å². The molecule has 2 aromatic rings. The quantitative estimate of drug-likeness (QED) is 0.853. The van der Waals surface area contributed by atoms with Crippen molar-refractivity contribution in [2.45, 2.75) is 20.4 Å². The molecule has 2 rings (SSSR count). The highest BCUT2D eigenvalue weighted by molar-refractivity contribution is 7.15. The summed E-state index contributed by atoms with van der Waals surface area (Å²) in [5, 5.41) is 2.08. The molecule has 84 valence electrons. The van der Waals surface area contributed by atoms with E-state index in [0.29, 0.717) is 6.54 Å². The first kappa shape index (κ1) is 11.6. The molecular formula is C13H14ClNS. The van der Waals surface area contributed by atoms with E-state index in [-0.39, 0.29) is 0 Å². The summed E-state index contributed by atoms with van der Waals surface area (Å²) >= 11 is 7.65. The Balaban J connectivity index is 2.54. The van der Waals surface area contributed by atoms with E-state index in [0.717, 1.165) is 9.90 Å². The molecule has 0 aliphatic carbocycles. The molecule has 0 bridgehead atoms. The summed E-state index contributed by atoms with van der Waals surface area (Å²) in [5.74, 6) is 0. The SMILES string of the molecule is Cc1ccc(-c2csc(Cl)c2CN)cc1C. The van der Waals surface area contributed by atoms with Gasteiger partial charge in [0.1, 0.15) is 0 Å². The minimum absolute atomic E-state index is 0.491. The number of nitrogens with two attached hydrogens (primary N) is 1. The van der Waals surface area contributed by atoms with Crippen LogP contribution in [0.1, 0.15) is 16.7 Å². The Kier molecular flexibility index (Phi) is 3.33. The molecule has 0 saturated carbocycles. The number of aryl methyl sites for hydroxylation is 2. The smallest absolute Gasteiger partial charge is 0.0979 e. The summed E-state index contributed by atoms with van der Waals surface area (Å²) in [6, 6.07) is 6.45. The van der Waals surface area contributed by atoms with Gasteiger partial charge in [0.15, 0.2) is 0 Å². The Labute approximate surface area is 105 Å². The molecule has 0 radical (unpaired) electrons. The normalized spacial score (nSPS) is 10.8. The maximum atomic E-state index is 6.10. The lowest BCUT2D eigenvalue weighted by Crippen LogP contribution is -1.97. The van der Waals surface area contributed by atoms with Crippen molar-refractivity contribution in [3.63, 3.8) is 0 Å². The highest BCUT2D eigenvalue weighted by atomic mass is 35.5. The summed E-state index contributed by atoms with van der Waals surface area (Å²) in [6.07, 6.45) is 0. The van der Waals surface area contributed by atoms with Crippen LogP contribution in [-0.4, -0.2) is 0 Å². The van der Waals surface area contributed by atoms with Crippen molar-refractivity contribution in [2.24, 2.45) is 5.73 Å². The molecule has 0 saturated heterocycles. The summed E-state index contributed by atoms with van der Waals surface area (Å²) in [6.45, 7) is 4.73. The monoisotopic (exact) mass is 251 g/mol. The van der Waals surface area contributed by atoms with Gasteiger partial charge in [-0.05, 0) is 36.1 Å². The molecule has 16 heavy (non-hydrogen) atoms. The second kappa shape index (κ2) is 4.58. The average molecular weight is 252 g/mol. The third-order valence-electron chi connectivity index (χ3n) is 2.86. The second-order valence-corrected chi connectivity index (χ2v) is 5.39. The minimum Gasteiger partial charge on any atom is -0.326 e. The highest BCUT2D eigenvalue weighted by Gasteiger charge is 2.10. The van der Waals surface area contributed by atoms with Crippen LogP contribution in [-0.2, 0) is 6.54 Å². The molecule has 0 aliphatic rings. The van der Waals surface area contributed by atoms with Crippen LogP contribution in [0.25, 0.3) is 11.1 Å². The second-order valence-electron chi connectivity index (χ2n) is 3.90. The van der Waals surface area contributed by atoms with Crippen LogP contribution in [0.5, 0.6) is 0 Å². The predicted octanol–water partition coefficient (Wildman–Crippen LogP) is 4.14. The fourth-order valence-corrected chi connectivity index (χ4v) is 2.85. The largest absolute Gasteiger partial charge is 0.326 e. The van der Waals surface area contributed by atoms with Gasteiger partial charge in [-0.2, -0.15) is 0 Å². The van der Waals surface area contributed by atoms with E-state index in [1.54, 1.807) is 11.3 Å². The standard InChI is InChI=1S/C13H14ClNS/c1-8-3-4-10(5-9(8)2)12-7-16-13(14)11(12)6-15/h3-5,7H,6,15H2,1-2H3. The van der Waals surface area contributed by atoms with E-state index in [9.17, 15) is 0 Å². The zero-order valence-electron chi connectivity index (χ0n) is 9.38. The highest BCUT2D eigenvalue weighted by Crippen LogP contribution is 2.35. The molecule has 1 aromatic heterocycles. The van der Waals surface area contributed by atoms with Crippen molar-refractivity contribution in [3.8, 4) is 11.1 Å². The van der Waals surface area contributed by atoms with E-state index in [1.807, 2.05) is 0 Å². The molecule has 0 fully saturated rings. The fraction of sp³-hybridized carbons (Fsp3) is 0.231. The van der Waals surface area contributed by atoms with Crippen molar-refractivity contribution in [3.05, 3.63) is 44.6 Å². The molecule has 1 nitrogen and oxygen atoms in total. The Hall–Kier alpha value is -0.830. The van der Waals surface area contributed by atoms with Gasteiger partial charge < -0.3 is 5.73 Å². The molecule has 2 N–H and O–H groups in total. The van der Waals surface area contributed by atoms with Crippen molar-refractivity contribution in [1.29, 1.82) is 0 Å². The van der Waals surface area contributed by atoms with Crippen LogP contribution in [0.2, 0.25) is 4.34 Å². The number of thiophene rings is 1. The summed E-state index contributed by atoms with van der Waals surface area (Å²) in [4.78, 5) is 0. The van der Waals surface area contributed by atoms with Gasteiger partial charge in [0.05, 0.1) is 4.34 Å². The Bertz CT molecular complexity index is 517. The zero-order chi connectivity index (χ0) is 11.7. The van der Waals surface area contributed by atoms with Gasteiger partial charge in [0.2, 0.25) is 0 Å². The first-order valence-electron chi connectivity index (χ1n) is 5.17. The van der Waals surface area contributed by atoms with Crippen LogP contribution in [0, 0.1) is 13.8 Å². The van der Waals surface area contributed by atoms with Gasteiger partial charge in [-0.3, -0.25) is 0 Å². The number of halogens is 1. The molecule has 0 aliphatic heterocycles. The van der Waals surface area contributed by atoms with Gasteiger partial charge in [-0.15, -0.1) is 11.3 Å². The molecule has 0 spiro atoms. The number of hydrogen-bond donors (Lipinski definition) is 1. The van der Waals surface area contributed by atoms with Crippen molar-refractivity contribution in [1.82, 2.24) is 0 Å². The molecule has 1 heterocycles. The predicted molar refractivity (Wildman–Crippen MR) is 72.1 cm³/mol. The summed E-state index contributed by atoms with van der Waals surface area (Å²) in [7, 11) is 0. The lowest BCUT2D eigenvalue weighted by Gasteiger charge is -2.06. The van der Waals surface area contributed by atoms with Crippen molar-refractivity contribution in [2.75, 3.05) is 0 Å². The van der Waals surface area contributed by atoms with Crippen LogP contribution in [0.4, 0.5) is 0 Å². The lowest BCUT2D eigenvalue weighted by atomic mass is 10.00. The zero-order valence-corrected chi connectivity index (χ0v) is 11.0. The van der Waals surface area contributed by atoms with Crippen LogP contribution < -0.4 is 5.73 Å². The number of rotatable bonds is 2. The first-order valence-corrected chi connectivity index (χ1v) is 6.42. The van der Waals surface area contributed by atoms with E-state index in [1.165, 1.54) is 22.3 Å². The molecule has 0 amide bonds. The van der Waals surface area contributed by atoms with Gasteiger partial charge in [0.25, 0.3) is 0 Å². The minimum atomic E-state index is 0.491. The van der Waals surface area contributed by atoms with Gasteiger partial charge in [-0.1, -0.05) is 29.8 Å². The van der Waals surface area contributed by atoms with Crippen LogP contribution >= 0.6 is 22.9 Å². The van der Waals surface area contributed by atoms with Crippen molar-refractivity contribution < 1.29 is 0 Å². The van der Waals surface area contributed by atoms with Crippen molar-refractivity contribution >= 4 is 22.9 Å². The Morgan fingerprint density at radius 2 is 2.00 bits per heavy atom. The Morgan fingerprint density at radius 1 is 1.25 bits per heavy atom. The first-order chi connectivity index (χ1) is 7.63. The van der Waals surface area contributed by atoms with E-state index >= 15 is 0 Å². The van der Waals surface area contributed by atoms with Crippen LogP contribution in [0.3, 0.4) is 0 Å². The Morgan fingerprint density at radius 3 is 2.62 bits per heavy atom. The molecule has 0 atom stereocenters. The maximum absolute atomic E-state index is 6.10. The number of benzene rings is 1. The third kappa shape index (κ3) is 2.01. The van der Waals surface area contributed by atoms with E-state index < -0.39 is 0 Å². The average Bonchev–Trinajstić information content (AvgIpc) is 2.63. The topological polar surface area (TPSA) is 26.0 Å². The summed E-state index contributed by atoms with van der Waals surface area (Å²) < 4.78 is 0.802.